The fraction of sp³-hybridized carbons (Fsp3) is 0.444. The van der Waals surface area contributed by atoms with Gasteiger partial charge in [-0.15, -0.1) is 0 Å². The zero-order valence-corrected chi connectivity index (χ0v) is 14.9. The van der Waals surface area contributed by atoms with Crippen LogP contribution in [0.3, 0.4) is 0 Å². The van der Waals surface area contributed by atoms with Crippen molar-refractivity contribution in [1.82, 2.24) is 9.55 Å². The fourth-order valence-electron chi connectivity index (χ4n) is 3.30. The summed E-state index contributed by atoms with van der Waals surface area (Å²) in [7, 11) is 3.12. The molecular formula is C18H22N2O6. The SMILES string of the molecule is COc1ccc([C@H]2C[C@H](n3cc(C)c(=O)[nH]c3=O)O[C@@H]2CO)cc1OC. The Balaban J connectivity index is 1.94. The van der Waals surface area contributed by atoms with Gasteiger partial charge in [-0.05, 0) is 24.6 Å². The van der Waals surface area contributed by atoms with Gasteiger partial charge in [0.05, 0.1) is 26.9 Å². The van der Waals surface area contributed by atoms with E-state index in [1.165, 1.54) is 10.8 Å². The van der Waals surface area contributed by atoms with Crippen molar-refractivity contribution >= 4 is 0 Å². The standard InChI is InChI=1S/C18H22N2O6/c1-10-8-20(18(23)19-17(10)22)16-7-12(15(9-21)26-16)11-4-5-13(24-2)14(6-11)25-3/h4-6,8,12,15-16,21H,7,9H2,1-3H3,(H,19,22,23)/t12-,15-,16-/m1/s1. The maximum Gasteiger partial charge on any atom is 0.330 e. The second kappa shape index (κ2) is 7.35. The van der Waals surface area contributed by atoms with Gasteiger partial charge in [-0.25, -0.2) is 4.79 Å². The molecule has 3 atom stereocenters. The Kier molecular flexibility index (Phi) is 5.15. The minimum absolute atomic E-state index is 0.135. The summed E-state index contributed by atoms with van der Waals surface area (Å²) in [6.45, 7) is 1.44. The summed E-state index contributed by atoms with van der Waals surface area (Å²) < 4.78 is 17.8. The Morgan fingerprint density at radius 2 is 2.00 bits per heavy atom. The van der Waals surface area contributed by atoms with Crippen LogP contribution in [0.4, 0.5) is 0 Å². The molecule has 140 valence electrons. The van der Waals surface area contributed by atoms with E-state index in [0.717, 1.165) is 5.56 Å². The van der Waals surface area contributed by atoms with Gasteiger partial charge in [-0.1, -0.05) is 6.07 Å². The normalized spacial score (nSPS) is 22.4. The highest BCUT2D eigenvalue weighted by Crippen LogP contribution is 2.41. The van der Waals surface area contributed by atoms with Gasteiger partial charge < -0.3 is 19.3 Å². The van der Waals surface area contributed by atoms with Gasteiger partial charge in [0.15, 0.2) is 11.5 Å². The monoisotopic (exact) mass is 362 g/mol. The van der Waals surface area contributed by atoms with Crippen LogP contribution in [0.1, 0.15) is 29.7 Å². The van der Waals surface area contributed by atoms with E-state index in [1.807, 2.05) is 12.1 Å². The van der Waals surface area contributed by atoms with Crippen LogP contribution < -0.4 is 20.7 Å². The highest BCUT2D eigenvalue weighted by atomic mass is 16.5. The van der Waals surface area contributed by atoms with Gasteiger partial charge in [-0.2, -0.15) is 0 Å². The molecule has 1 aliphatic heterocycles. The molecule has 1 aromatic carbocycles. The third-order valence-electron chi connectivity index (χ3n) is 4.71. The van der Waals surface area contributed by atoms with Crippen LogP contribution in [0.25, 0.3) is 0 Å². The quantitative estimate of drug-likeness (QED) is 0.820. The van der Waals surface area contributed by atoms with Gasteiger partial charge in [0.2, 0.25) is 0 Å². The van der Waals surface area contributed by atoms with Gasteiger partial charge in [0, 0.05) is 24.1 Å². The number of nitrogens with zero attached hydrogens (tertiary/aromatic N) is 1. The van der Waals surface area contributed by atoms with E-state index in [0.29, 0.717) is 23.5 Å². The van der Waals surface area contributed by atoms with Crippen LogP contribution >= 0.6 is 0 Å². The van der Waals surface area contributed by atoms with E-state index in [9.17, 15) is 14.7 Å². The Bertz CT molecular complexity index is 903. The first-order chi connectivity index (χ1) is 12.5. The van der Waals surface area contributed by atoms with Crippen molar-refractivity contribution in [3.8, 4) is 11.5 Å². The van der Waals surface area contributed by atoms with Crippen molar-refractivity contribution in [3.05, 3.63) is 56.4 Å². The molecule has 8 nitrogen and oxygen atoms in total. The molecule has 1 aliphatic rings. The van der Waals surface area contributed by atoms with E-state index in [2.05, 4.69) is 4.98 Å². The Hall–Kier alpha value is -2.58. The second-order valence-electron chi connectivity index (χ2n) is 6.25. The Labute approximate surface area is 150 Å². The molecule has 0 amide bonds. The summed E-state index contributed by atoms with van der Waals surface area (Å²) in [5.41, 5.74) is 0.386. The number of rotatable bonds is 5. The summed E-state index contributed by atoms with van der Waals surface area (Å²) in [4.78, 5) is 26.0. The molecule has 1 aromatic heterocycles. The predicted octanol–water partition coefficient (Wildman–Crippen LogP) is 0.926. The smallest absolute Gasteiger partial charge is 0.330 e. The summed E-state index contributed by atoms with van der Waals surface area (Å²) in [5.74, 6) is 1.06. The molecule has 1 fully saturated rings. The molecule has 0 aliphatic carbocycles. The van der Waals surface area contributed by atoms with Crippen molar-refractivity contribution in [2.45, 2.75) is 31.6 Å². The molecule has 2 heterocycles. The van der Waals surface area contributed by atoms with E-state index < -0.39 is 23.6 Å². The molecule has 2 N–H and O–H groups in total. The van der Waals surface area contributed by atoms with E-state index in [1.54, 1.807) is 27.2 Å². The lowest BCUT2D eigenvalue weighted by atomic mass is 9.92. The lowest BCUT2D eigenvalue weighted by Crippen LogP contribution is -2.33. The maximum atomic E-state index is 12.1. The number of aromatic amines is 1. The van der Waals surface area contributed by atoms with Crippen molar-refractivity contribution in [2.75, 3.05) is 20.8 Å². The number of methoxy groups -OCH3 is 2. The zero-order valence-electron chi connectivity index (χ0n) is 14.9. The summed E-state index contributed by atoms with van der Waals surface area (Å²) in [5, 5.41) is 9.73. The second-order valence-corrected chi connectivity index (χ2v) is 6.25. The molecular weight excluding hydrogens is 340 g/mol. The number of hydrogen-bond donors (Lipinski definition) is 2. The first-order valence-corrected chi connectivity index (χ1v) is 8.28. The number of nitrogens with one attached hydrogen (secondary N) is 1. The predicted molar refractivity (Wildman–Crippen MR) is 94.0 cm³/mol. The van der Waals surface area contributed by atoms with Crippen LogP contribution in [0.5, 0.6) is 11.5 Å². The number of H-pyrrole nitrogens is 1. The van der Waals surface area contributed by atoms with Gasteiger partial charge in [0.1, 0.15) is 6.23 Å². The number of hydrogen-bond acceptors (Lipinski definition) is 6. The van der Waals surface area contributed by atoms with E-state index in [4.69, 9.17) is 14.2 Å². The molecule has 0 bridgehead atoms. The minimum Gasteiger partial charge on any atom is -0.493 e. The first-order valence-electron chi connectivity index (χ1n) is 8.28. The molecule has 0 spiro atoms. The Morgan fingerprint density at radius 1 is 1.27 bits per heavy atom. The topological polar surface area (TPSA) is 103 Å². The van der Waals surface area contributed by atoms with Crippen LogP contribution in [0, 0.1) is 6.92 Å². The van der Waals surface area contributed by atoms with Crippen LogP contribution in [0.2, 0.25) is 0 Å². The first kappa shape index (κ1) is 18.2. The molecule has 8 heteroatoms. The fourth-order valence-corrected chi connectivity index (χ4v) is 3.30. The maximum absolute atomic E-state index is 12.1. The largest absolute Gasteiger partial charge is 0.493 e. The molecule has 1 saturated heterocycles. The number of aryl methyl sites for hydroxylation is 1. The van der Waals surface area contributed by atoms with Crippen LogP contribution in [-0.2, 0) is 4.74 Å². The summed E-state index contributed by atoms with van der Waals surface area (Å²) >= 11 is 0. The van der Waals surface area contributed by atoms with Gasteiger partial charge >= 0.3 is 5.69 Å². The van der Waals surface area contributed by atoms with Gasteiger partial charge in [-0.3, -0.25) is 14.3 Å². The molecule has 0 radical (unpaired) electrons. The average molecular weight is 362 g/mol. The van der Waals surface area contributed by atoms with Crippen LogP contribution in [0.15, 0.2) is 34.0 Å². The molecule has 0 saturated carbocycles. The minimum atomic E-state index is -0.576. The highest BCUT2D eigenvalue weighted by Gasteiger charge is 2.37. The van der Waals surface area contributed by atoms with E-state index >= 15 is 0 Å². The molecule has 2 aromatic rings. The summed E-state index contributed by atoms with van der Waals surface area (Å²) in [6, 6.07) is 5.53. The highest BCUT2D eigenvalue weighted by molar-refractivity contribution is 5.44. The lowest BCUT2D eigenvalue weighted by Gasteiger charge is -2.17. The third kappa shape index (κ3) is 3.25. The van der Waals surface area contributed by atoms with Crippen molar-refractivity contribution in [2.24, 2.45) is 0 Å². The number of aliphatic hydroxyl groups is 1. The van der Waals surface area contributed by atoms with Gasteiger partial charge in [0.25, 0.3) is 5.56 Å². The van der Waals surface area contributed by atoms with Crippen LogP contribution in [-0.4, -0.2) is 41.6 Å². The lowest BCUT2D eigenvalue weighted by molar-refractivity contribution is -0.0276. The van der Waals surface area contributed by atoms with E-state index in [-0.39, 0.29) is 12.5 Å². The van der Waals surface area contributed by atoms with Crippen molar-refractivity contribution < 1.29 is 19.3 Å². The number of benzene rings is 1. The van der Waals surface area contributed by atoms with Crippen molar-refractivity contribution in [3.63, 3.8) is 0 Å². The molecule has 3 rings (SSSR count). The molecule has 0 unspecified atom stereocenters. The summed E-state index contributed by atoms with van der Waals surface area (Å²) in [6.07, 6.45) is 0.911. The zero-order chi connectivity index (χ0) is 18.8. The number of aliphatic hydroxyl groups excluding tert-OH is 1. The number of ether oxygens (including phenoxy) is 3. The molecule has 26 heavy (non-hydrogen) atoms. The Morgan fingerprint density at radius 3 is 2.65 bits per heavy atom. The average Bonchev–Trinajstić information content (AvgIpc) is 3.08. The number of aromatic nitrogens is 2. The van der Waals surface area contributed by atoms with Crippen molar-refractivity contribution in [1.29, 1.82) is 0 Å². The third-order valence-corrected chi connectivity index (χ3v) is 4.71.